The summed E-state index contributed by atoms with van der Waals surface area (Å²) in [5, 5.41) is 0. The van der Waals surface area contributed by atoms with Crippen LogP contribution in [0.2, 0.25) is 0 Å². The lowest BCUT2D eigenvalue weighted by Gasteiger charge is -2.37. The maximum absolute atomic E-state index is 14.0. The van der Waals surface area contributed by atoms with Gasteiger partial charge in [0.2, 0.25) is 11.8 Å². The predicted octanol–water partition coefficient (Wildman–Crippen LogP) is 2.81. The Morgan fingerprint density at radius 3 is 2.24 bits per heavy atom. The van der Waals surface area contributed by atoms with E-state index in [4.69, 9.17) is 0 Å². The SMILES string of the molecule is O=C(C1CC(=O)N(c2cc(F)cc(F)c2)C1)N1CCN(c2ccccc2F)CC1. The number of amides is 2. The van der Waals surface area contributed by atoms with Gasteiger partial charge in [-0.25, -0.2) is 13.2 Å². The summed E-state index contributed by atoms with van der Waals surface area (Å²) in [4.78, 5) is 30.0. The summed E-state index contributed by atoms with van der Waals surface area (Å²) in [5.41, 5.74) is 0.627. The van der Waals surface area contributed by atoms with Crippen LogP contribution in [0, 0.1) is 23.4 Å². The van der Waals surface area contributed by atoms with Gasteiger partial charge < -0.3 is 14.7 Å². The third-order valence-electron chi connectivity index (χ3n) is 5.42. The largest absolute Gasteiger partial charge is 0.366 e. The van der Waals surface area contributed by atoms with Gasteiger partial charge in [0.15, 0.2) is 0 Å². The third kappa shape index (κ3) is 3.92. The zero-order valence-electron chi connectivity index (χ0n) is 15.7. The van der Waals surface area contributed by atoms with Crippen molar-refractivity contribution >= 4 is 23.2 Å². The second kappa shape index (κ2) is 7.77. The van der Waals surface area contributed by atoms with Crippen LogP contribution >= 0.6 is 0 Å². The molecule has 152 valence electrons. The van der Waals surface area contributed by atoms with E-state index in [0.717, 1.165) is 18.2 Å². The van der Waals surface area contributed by atoms with Crippen molar-refractivity contribution in [3.05, 3.63) is 59.9 Å². The number of benzene rings is 2. The predicted molar refractivity (Wildman–Crippen MR) is 102 cm³/mol. The number of carbonyl (C=O) groups is 2. The fraction of sp³-hybridized carbons (Fsp3) is 0.333. The normalized spacial score (nSPS) is 19.8. The Hall–Kier alpha value is -3.03. The van der Waals surface area contributed by atoms with Gasteiger partial charge in [0, 0.05) is 50.9 Å². The van der Waals surface area contributed by atoms with Crippen LogP contribution in [0.15, 0.2) is 42.5 Å². The Bertz CT molecular complexity index is 924. The second-order valence-electron chi connectivity index (χ2n) is 7.30. The lowest BCUT2D eigenvalue weighted by Crippen LogP contribution is -2.51. The van der Waals surface area contributed by atoms with Gasteiger partial charge in [0.1, 0.15) is 17.5 Å². The Labute approximate surface area is 166 Å². The summed E-state index contributed by atoms with van der Waals surface area (Å²) >= 11 is 0. The number of anilines is 2. The van der Waals surface area contributed by atoms with E-state index in [2.05, 4.69) is 0 Å². The van der Waals surface area contributed by atoms with Crippen molar-refractivity contribution in [2.45, 2.75) is 6.42 Å². The molecule has 0 bridgehead atoms. The zero-order valence-corrected chi connectivity index (χ0v) is 15.7. The number of halogens is 3. The molecule has 8 heteroatoms. The molecule has 2 fully saturated rings. The van der Waals surface area contributed by atoms with Crippen molar-refractivity contribution < 1.29 is 22.8 Å². The van der Waals surface area contributed by atoms with Gasteiger partial charge in [-0.05, 0) is 24.3 Å². The molecule has 1 unspecified atom stereocenters. The summed E-state index contributed by atoms with van der Waals surface area (Å²) in [5.74, 6) is -2.90. The molecule has 2 aromatic carbocycles. The first-order chi connectivity index (χ1) is 13.9. The van der Waals surface area contributed by atoms with E-state index >= 15 is 0 Å². The molecule has 2 saturated heterocycles. The minimum absolute atomic E-state index is 0.00446. The second-order valence-corrected chi connectivity index (χ2v) is 7.30. The van der Waals surface area contributed by atoms with E-state index in [1.165, 1.54) is 11.0 Å². The molecule has 2 aliphatic heterocycles. The molecule has 0 aromatic heterocycles. The Kier molecular flexibility index (Phi) is 5.17. The summed E-state index contributed by atoms with van der Waals surface area (Å²) in [7, 11) is 0. The molecule has 2 heterocycles. The molecule has 0 spiro atoms. The number of para-hydroxylation sites is 1. The highest BCUT2D eigenvalue weighted by Gasteiger charge is 2.38. The summed E-state index contributed by atoms with van der Waals surface area (Å²) in [6.45, 7) is 1.92. The van der Waals surface area contributed by atoms with Crippen LogP contribution in [0.1, 0.15) is 6.42 Å². The smallest absolute Gasteiger partial charge is 0.228 e. The highest BCUT2D eigenvalue weighted by atomic mass is 19.1. The summed E-state index contributed by atoms with van der Waals surface area (Å²) in [6, 6.07) is 9.42. The Morgan fingerprint density at radius 2 is 1.59 bits per heavy atom. The first kappa shape index (κ1) is 19.3. The topological polar surface area (TPSA) is 43.9 Å². The first-order valence-electron chi connectivity index (χ1n) is 9.47. The minimum Gasteiger partial charge on any atom is -0.366 e. The molecule has 2 amide bonds. The summed E-state index contributed by atoms with van der Waals surface area (Å²) < 4.78 is 40.9. The van der Waals surface area contributed by atoms with E-state index in [9.17, 15) is 22.8 Å². The Balaban J connectivity index is 1.39. The molecule has 1 atom stereocenters. The molecule has 29 heavy (non-hydrogen) atoms. The van der Waals surface area contributed by atoms with Crippen LogP contribution in [0.3, 0.4) is 0 Å². The average Bonchev–Trinajstić information content (AvgIpc) is 3.09. The van der Waals surface area contributed by atoms with Gasteiger partial charge in [0.05, 0.1) is 11.6 Å². The van der Waals surface area contributed by atoms with E-state index in [0.29, 0.717) is 31.9 Å². The molecular weight excluding hydrogens is 383 g/mol. The van der Waals surface area contributed by atoms with Crippen LogP contribution in [0.5, 0.6) is 0 Å². The molecule has 0 radical (unpaired) electrons. The molecule has 2 aliphatic rings. The van der Waals surface area contributed by atoms with E-state index in [1.54, 1.807) is 23.1 Å². The maximum atomic E-state index is 14.0. The van der Waals surface area contributed by atoms with Crippen LogP contribution in [-0.4, -0.2) is 49.4 Å². The van der Waals surface area contributed by atoms with Crippen LogP contribution in [0.4, 0.5) is 24.5 Å². The number of piperazine rings is 1. The third-order valence-corrected chi connectivity index (χ3v) is 5.42. The minimum atomic E-state index is -0.771. The number of rotatable bonds is 3. The van der Waals surface area contributed by atoms with E-state index in [1.807, 2.05) is 4.90 Å². The van der Waals surface area contributed by atoms with E-state index in [-0.39, 0.29) is 36.3 Å². The van der Waals surface area contributed by atoms with Gasteiger partial charge in [-0.2, -0.15) is 0 Å². The van der Waals surface area contributed by atoms with Gasteiger partial charge in [0.25, 0.3) is 0 Å². The highest BCUT2D eigenvalue weighted by molar-refractivity contribution is 6.00. The molecule has 5 nitrogen and oxygen atoms in total. The van der Waals surface area contributed by atoms with E-state index < -0.39 is 17.6 Å². The van der Waals surface area contributed by atoms with Gasteiger partial charge >= 0.3 is 0 Å². The van der Waals surface area contributed by atoms with Gasteiger partial charge in [-0.1, -0.05) is 12.1 Å². The monoisotopic (exact) mass is 403 g/mol. The average molecular weight is 403 g/mol. The van der Waals surface area contributed by atoms with Crippen molar-refractivity contribution in [3.8, 4) is 0 Å². The van der Waals surface area contributed by atoms with Crippen molar-refractivity contribution in [1.82, 2.24) is 4.90 Å². The molecule has 0 N–H and O–H groups in total. The molecule has 0 saturated carbocycles. The molecule has 0 aliphatic carbocycles. The van der Waals surface area contributed by atoms with Crippen molar-refractivity contribution in [2.75, 3.05) is 42.5 Å². The quantitative estimate of drug-likeness (QED) is 0.792. The highest BCUT2D eigenvalue weighted by Crippen LogP contribution is 2.28. The Morgan fingerprint density at radius 1 is 0.931 bits per heavy atom. The van der Waals surface area contributed by atoms with Crippen LogP contribution in [-0.2, 0) is 9.59 Å². The number of hydrogen-bond acceptors (Lipinski definition) is 3. The summed E-state index contributed by atoms with van der Waals surface area (Å²) in [6.07, 6.45) is 0.00446. The number of hydrogen-bond donors (Lipinski definition) is 0. The fourth-order valence-corrected chi connectivity index (χ4v) is 3.95. The fourth-order valence-electron chi connectivity index (χ4n) is 3.95. The van der Waals surface area contributed by atoms with Crippen molar-refractivity contribution in [2.24, 2.45) is 5.92 Å². The van der Waals surface area contributed by atoms with Crippen molar-refractivity contribution in [3.63, 3.8) is 0 Å². The van der Waals surface area contributed by atoms with Crippen LogP contribution in [0.25, 0.3) is 0 Å². The lowest BCUT2D eigenvalue weighted by atomic mass is 10.1. The zero-order chi connectivity index (χ0) is 20.5. The molecule has 4 rings (SSSR count). The standard InChI is InChI=1S/C21H20F3N3O2/c22-15-10-16(23)12-17(11-15)27-13-14(9-20(27)28)21(29)26-7-5-25(6-8-26)19-4-2-1-3-18(19)24/h1-4,10-12,14H,5-9,13H2. The number of carbonyl (C=O) groups excluding carboxylic acids is 2. The first-order valence-corrected chi connectivity index (χ1v) is 9.47. The molecular formula is C21H20F3N3O2. The van der Waals surface area contributed by atoms with Gasteiger partial charge in [-0.15, -0.1) is 0 Å². The molecule has 2 aromatic rings. The van der Waals surface area contributed by atoms with Gasteiger partial charge in [-0.3, -0.25) is 9.59 Å². The van der Waals surface area contributed by atoms with Crippen molar-refractivity contribution in [1.29, 1.82) is 0 Å². The van der Waals surface area contributed by atoms with Crippen LogP contribution < -0.4 is 9.80 Å². The maximum Gasteiger partial charge on any atom is 0.228 e. The lowest BCUT2D eigenvalue weighted by molar-refractivity contribution is -0.136. The number of nitrogens with zero attached hydrogens (tertiary/aromatic N) is 3.